The van der Waals surface area contributed by atoms with E-state index >= 15 is 0 Å². The van der Waals surface area contributed by atoms with Gasteiger partial charge in [0, 0.05) is 29.4 Å². The van der Waals surface area contributed by atoms with Crippen LogP contribution in [0.3, 0.4) is 0 Å². The Bertz CT molecular complexity index is 892. The number of carbonyl (C=O) groups excluding carboxylic acids is 2. The Labute approximate surface area is 158 Å². The Morgan fingerprint density at radius 3 is 2.48 bits per heavy atom. The van der Waals surface area contributed by atoms with E-state index in [2.05, 4.69) is 0 Å². The topological polar surface area (TPSA) is 81.9 Å². The van der Waals surface area contributed by atoms with Gasteiger partial charge in [-0.1, -0.05) is 26.0 Å². The van der Waals surface area contributed by atoms with Crippen LogP contribution in [0.1, 0.15) is 29.8 Å². The second kappa shape index (κ2) is 7.31. The number of rotatable bonds is 5. The molecule has 0 fully saturated rings. The molecule has 1 atom stereocenters. The minimum absolute atomic E-state index is 0.0487. The van der Waals surface area contributed by atoms with E-state index in [9.17, 15) is 9.59 Å². The van der Waals surface area contributed by atoms with Gasteiger partial charge in [0.15, 0.2) is 0 Å². The maximum absolute atomic E-state index is 13.0. The average molecular weight is 368 g/mol. The second-order valence-electron chi connectivity index (χ2n) is 6.98. The van der Waals surface area contributed by atoms with Crippen molar-refractivity contribution in [2.75, 3.05) is 20.0 Å². The lowest BCUT2D eigenvalue weighted by Crippen LogP contribution is -2.45. The number of benzene rings is 2. The number of hydrogen-bond acceptors (Lipinski definition) is 5. The third-order valence-corrected chi connectivity index (χ3v) is 4.89. The van der Waals surface area contributed by atoms with Crippen molar-refractivity contribution < 1.29 is 19.1 Å². The van der Waals surface area contributed by atoms with Gasteiger partial charge in [0.25, 0.3) is 5.91 Å². The van der Waals surface area contributed by atoms with Gasteiger partial charge < -0.3 is 20.1 Å². The summed E-state index contributed by atoms with van der Waals surface area (Å²) >= 11 is 0. The number of amides is 1. The molecule has 0 saturated heterocycles. The molecule has 0 saturated carbocycles. The van der Waals surface area contributed by atoms with Crippen molar-refractivity contribution in [2.45, 2.75) is 26.4 Å². The number of ether oxygens (including phenoxy) is 2. The molecule has 2 aromatic rings. The zero-order valence-corrected chi connectivity index (χ0v) is 16.0. The SMILES string of the molecule is COC(=O)[C@H](C(C)C)N1Cc2ccc(-c3ccc(N)cc3OC)cc2C1=O. The maximum atomic E-state index is 13.0. The van der Waals surface area contributed by atoms with E-state index in [0.29, 0.717) is 23.5 Å². The monoisotopic (exact) mass is 368 g/mol. The number of nitrogens with zero attached hydrogens (tertiary/aromatic N) is 1. The minimum atomic E-state index is -0.607. The van der Waals surface area contributed by atoms with Gasteiger partial charge in [0.1, 0.15) is 11.8 Å². The molecule has 2 N–H and O–H groups in total. The highest BCUT2D eigenvalue weighted by Gasteiger charge is 2.38. The van der Waals surface area contributed by atoms with Crippen molar-refractivity contribution in [3.63, 3.8) is 0 Å². The zero-order chi connectivity index (χ0) is 19.7. The highest BCUT2D eigenvalue weighted by atomic mass is 16.5. The van der Waals surface area contributed by atoms with Gasteiger partial charge in [-0.25, -0.2) is 4.79 Å². The van der Waals surface area contributed by atoms with E-state index in [-0.39, 0.29) is 11.8 Å². The molecule has 2 aromatic carbocycles. The predicted octanol–water partition coefficient (Wildman–Crippen LogP) is 3.10. The van der Waals surface area contributed by atoms with Crippen molar-refractivity contribution in [3.8, 4) is 16.9 Å². The largest absolute Gasteiger partial charge is 0.496 e. The van der Waals surface area contributed by atoms with Crippen LogP contribution in [0.4, 0.5) is 5.69 Å². The quantitative estimate of drug-likeness (QED) is 0.648. The van der Waals surface area contributed by atoms with Crippen molar-refractivity contribution in [1.29, 1.82) is 0 Å². The summed E-state index contributed by atoms with van der Waals surface area (Å²) in [6.07, 6.45) is 0. The van der Waals surface area contributed by atoms with Crippen LogP contribution < -0.4 is 10.5 Å². The average Bonchev–Trinajstić information content (AvgIpc) is 2.97. The summed E-state index contributed by atoms with van der Waals surface area (Å²) < 4.78 is 10.3. The molecule has 0 unspecified atom stereocenters. The Kier molecular flexibility index (Phi) is 5.08. The lowest BCUT2D eigenvalue weighted by molar-refractivity contribution is -0.147. The first-order valence-corrected chi connectivity index (χ1v) is 8.83. The van der Waals surface area contributed by atoms with E-state index in [1.165, 1.54) is 7.11 Å². The van der Waals surface area contributed by atoms with Crippen LogP contribution in [0.15, 0.2) is 36.4 Å². The first kappa shape index (κ1) is 18.8. The second-order valence-corrected chi connectivity index (χ2v) is 6.98. The van der Waals surface area contributed by atoms with Gasteiger partial charge in [-0.15, -0.1) is 0 Å². The highest BCUT2D eigenvalue weighted by molar-refractivity contribution is 6.01. The Morgan fingerprint density at radius 2 is 1.85 bits per heavy atom. The molecule has 6 nitrogen and oxygen atoms in total. The smallest absolute Gasteiger partial charge is 0.328 e. The molecule has 1 aliphatic rings. The summed E-state index contributed by atoms with van der Waals surface area (Å²) in [7, 11) is 2.93. The predicted molar refractivity (Wildman–Crippen MR) is 103 cm³/mol. The van der Waals surface area contributed by atoms with Crippen LogP contribution in [-0.4, -0.2) is 37.0 Å². The van der Waals surface area contributed by atoms with Gasteiger partial charge in [0.2, 0.25) is 0 Å². The van der Waals surface area contributed by atoms with Crippen LogP contribution in [-0.2, 0) is 16.1 Å². The third kappa shape index (κ3) is 3.35. The van der Waals surface area contributed by atoms with Crippen molar-refractivity contribution in [1.82, 2.24) is 4.90 Å². The summed E-state index contributed by atoms with van der Waals surface area (Å²) in [5.74, 6) is 0.0381. The van der Waals surface area contributed by atoms with Crippen LogP contribution in [0, 0.1) is 5.92 Å². The molecule has 3 rings (SSSR count). The Morgan fingerprint density at radius 1 is 1.11 bits per heavy atom. The summed E-state index contributed by atoms with van der Waals surface area (Å²) in [5, 5.41) is 0. The summed E-state index contributed by atoms with van der Waals surface area (Å²) in [6.45, 7) is 4.20. The fraction of sp³-hybridized carbons (Fsp3) is 0.333. The van der Waals surface area contributed by atoms with Crippen LogP contribution in [0.25, 0.3) is 11.1 Å². The molecule has 0 aromatic heterocycles. The normalized spacial score (nSPS) is 14.3. The molecular formula is C21H24N2O4. The molecule has 0 bridgehead atoms. The van der Waals surface area contributed by atoms with Crippen molar-refractivity contribution in [2.24, 2.45) is 5.92 Å². The molecule has 0 spiro atoms. The first-order chi connectivity index (χ1) is 12.9. The molecule has 0 aliphatic carbocycles. The number of esters is 1. The van der Waals surface area contributed by atoms with Crippen molar-refractivity contribution >= 4 is 17.6 Å². The molecular weight excluding hydrogens is 344 g/mol. The van der Waals surface area contributed by atoms with Gasteiger partial charge in [-0.2, -0.15) is 0 Å². The Balaban J connectivity index is 1.99. The van der Waals surface area contributed by atoms with Gasteiger partial charge in [-0.3, -0.25) is 4.79 Å². The van der Waals surface area contributed by atoms with E-state index in [0.717, 1.165) is 16.7 Å². The van der Waals surface area contributed by atoms with E-state index in [1.54, 1.807) is 24.1 Å². The van der Waals surface area contributed by atoms with Crippen molar-refractivity contribution in [3.05, 3.63) is 47.5 Å². The molecule has 142 valence electrons. The number of fused-ring (bicyclic) bond motifs is 1. The molecule has 6 heteroatoms. The first-order valence-electron chi connectivity index (χ1n) is 8.83. The van der Waals surface area contributed by atoms with E-state index < -0.39 is 12.0 Å². The third-order valence-electron chi connectivity index (χ3n) is 4.89. The van der Waals surface area contributed by atoms with Crippen LogP contribution >= 0.6 is 0 Å². The van der Waals surface area contributed by atoms with E-state index in [1.807, 2.05) is 38.1 Å². The number of nitrogens with two attached hydrogens (primary N) is 1. The lowest BCUT2D eigenvalue weighted by Gasteiger charge is -2.28. The molecule has 0 radical (unpaired) electrons. The minimum Gasteiger partial charge on any atom is -0.496 e. The van der Waals surface area contributed by atoms with Crippen LogP contribution in [0.2, 0.25) is 0 Å². The van der Waals surface area contributed by atoms with Gasteiger partial charge in [-0.05, 0) is 35.2 Å². The maximum Gasteiger partial charge on any atom is 0.328 e. The Hall–Kier alpha value is -3.02. The summed E-state index contributed by atoms with van der Waals surface area (Å²) in [6, 6.07) is 10.5. The molecule has 1 aliphatic heterocycles. The summed E-state index contributed by atoms with van der Waals surface area (Å²) in [4.78, 5) is 26.8. The number of nitrogen functional groups attached to an aromatic ring is 1. The standard InChI is InChI=1S/C21H24N2O4/c1-12(2)19(21(25)27-4)23-11-14-6-5-13(9-17(14)20(23)24)16-8-7-15(22)10-18(16)26-3/h5-10,12,19H,11,22H2,1-4H3/t19-/m0/s1. The number of anilines is 1. The van der Waals surface area contributed by atoms with Crippen LogP contribution in [0.5, 0.6) is 5.75 Å². The lowest BCUT2D eigenvalue weighted by atomic mass is 9.99. The molecule has 1 amide bonds. The fourth-order valence-electron chi connectivity index (χ4n) is 3.54. The van der Waals surface area contributed by atoms with Gasteiger partial charge in [0.05, 0.1) is 14.2 Å². The number of carbonyl (C=O) groups is 2. The fourth-order valence-corrected chi connectivity index (χ4v) is 3.54. The zero-order valence-electron chi connectivity index (χ0n) is 16.0. The highest BCUT2D eigenvalue weighted by Crippen LogP contribution is 2.35. The van der Waals surface area contributed by atoms with Gasteiger partial charge >= 0.3 is 5.97 Å². The summed E-state index contributed by atoms with van der Waals surface area (Å²) in [5.41, 5.74) is 9.65. The molecule has 1 heterocycles. The van der Waals surface area contributed by atoms with E-state index in [4.69, 9.17) is 15.2 Å². The molecule has 27 heavy (non-hydrogen) atoms. The number of methoxy groups -OCH3 is 2. The number of hydrogen-bond donors (Lipinski definition) is 1.